The fourth-order valence-corrected chi connectivity index (χ4v) is 12.2. The molecule has 0 N–H and O–H groups in total. The molecule has 0 bridgehead atoms. The minimum Gasteiger partial charge on any atom is -0.311 e. The van der Waals surface area contributed by atoms with Gasteiger partial charge in [0.25, 0.3) is 0 Å². The van der Waals surface area contributed by atoms with E-state index in [-0.39, 0.29) is 5.41 Å². The smallest absolute Gasteiger partial charge is 0.0461 e. The molecule has 0 unspecified atom stereocenters. The Labute approximate surface area is 373 Å². The molecule has 0 amide bonds. The van der Waals surface area contributed by atoms with Gasteiger partial charge in [-0.3, -0.25) is 0 Å². The van der Waals surface area contributed by atoms with Crippen molar-refractivity contribution in [3.05, 3.63) is 179 Å². The zero-order chi connectivity index (χ0) is 41.6. The first-order valence-electron chi connectivity index (χ1n) is 24.9. The first-order chi connectivity index (χ1) is 30.7. The van der Waals surface area contributed by atoms with Gasteiger partial charge in [0, 0.05) is 39.5 Å². The largest absolute Gasteiger partial charge is 0.311 e. The molecule has 10 rings (SSSR count). The molecule has 4 aliphatic carbocycles. The Kier molecular flexibility index (Phi) is 12.6. The topological polar surface area (TPSA) is 6.48 Å². The molecule has 2 heteroatoms. The van der Waals surface area contributed by atoms with E-state index in [2.05, 4.69) is 161 Å². The molecular weight excluding hydrogens is 749 g/mol. The first-order valence-corrected chi connectivity index (χ1v) is 24.9. The summed E-state index contributed by atoms with van der Waals surface area (Å²) in [6.45, 7) is 0. The summed E-state index contributed by atoms with van der Waals surface area (Å²) in [4.78, 5) is 4.94. The predicted octanol–water partition coefficient (Wildman–Crippen LogP) is 18.0. The summed E-state index contributed by atoms with van der Waals surface area (Å²) >= 11 is 0. The number of hydrogen-bond donors (Lipinski definition) is 0. The van der Waals surface area contributed by atoms with Gasteiger partial charge in [0.15, 0.2) is 0 Å². The molecule has 0 heterocycles. The Bertz CT molecular complexity index is 2220. The normalized spacial score (nSPS) is 18.9. The molecule has 62 heavy (non-hydrogen) atoms. The summed E-state index contributed by atoms with van der Waals surface area (Å²) in [6, 6.07) is 59.2. The summed E-state index contributed by atoms with van der Waals surface area (Å²) in [5, 5.41) is 0. The maximum Gasteiger partial charge on any atom is 0.0461 e. The maximum atomic E-state index is 2.50. The second-order valence-corrected chi connectivity index (χ2v) is 19.5. The number of hydrogen-bond acceptors (Lipinski definition) is 2. The Balaban J connectivity index is 0.957. The Hall–Kier alpha value is -5.08. The monoisotopic (exact) mass is 817 g/mol. The van der Waals surface area contributed by atoms with Crippen LogP contribution in [-0.2, 0) is 5.41 Å². The SMILES string of the molecule is c1ccc(N(c2ccc(C3CCCCC3)cc2)c2ccc(C3(c4ccc(N(c5ccc(C6CCCCC6)cc5)c5ccc(C6CCCCC6)cc5)cc4)CCCCC3)cc2)cc1. The molecule has 318 valence electrons. The van der Waals surface area contributed by atoms with E-state index in [4.69, 9.17) is 0 Å². The van der Waals surface area contributed by atoms with Gasteiger partial charge in [0.1, 0.15) is 0 Å². The molecule has 0 radical (unpaired) electrons. The summed E-state index contributed by atoms with van der Waals surface area (Å²) in [6.07, 6.45) is 26.6. The van der Waals surface area contributed by atoms with Crippen LogP contribution < -0.4 is 9.80 Å². The summed E-state index contributed by atoms with van der Waals surface area (Å²) in [7, 11) is 0. The molecular formula is C60H68N2. The van der Waals surface area contributed by atoms with Gasteiger partial charge in [0.2, 0.25) is 0 Å². The van der Waals surface area contributed by atoms with Crippen LogP contribution >= 0.6 is 0 Å². The lowest BCUT2D eigenvalue weighted by molar-refractivity contribution is 0.346. The van der Waals surface area contributed by atoms with Crippen molar-refractivity contribution in [2.75, 3.05) is 9.80 Å². The highest BCUT2D eigenvalue weighted by Crippen LogP contribution is 2.48. The van der Waals surface area contributed by atoms with Gasteiger partial charge in [0.05, 0.1) is 0 Å². The van der Waals surface area contributed by atoms with Gasteiger partial charge in [-0.2, -0.15) is 0 Å². The van der Waals surface area contributed by atoms with E-state index in [1.54, 1.807) is 0 Å². The Morgan fingerprint density at radius 1 is 0.274 bits per heavy atom. The third-order valence-corrected chi connectivity index (χ3v) is 15.8. The predicted molar refractivity (Wildman–Crippen MR) is 264 cm³/mol. The molecule has 0 spiro atoms. The highest BCUT2D eigenvalue weighted by Gasteiger charge is 2.36. The number of rotatable bonds is 11. The van der Waals surface area contributed by atoms with Crippen LogP contribution in [0.5, 0.6) is 0 Å². The van der Waals surface area contributed by atoms with E-state index in [9.17, 15) is 0 Å². The van der Waals surface area contributed by atoms with Gasteiger partial charge >= 0.3 is 0 Å². The molecule has 4 aliphatic rings. The van der Waals surface area contributed by atoms with E-state index >= 15 is 0 Å². The highest BCUT2D eigenvalue weighted by molar-refractivity contribution is 5.78. The second-order valence-electron chi connectivity index (χ2n) is 19.5. The third-order valence-electron chi connectivity index (χ3n) is 15.8. The fraction of sp³-hybridized carbons (Fsp3) is 0.400. The maximum absolute atomic E-state index is 2.50. The lowest BCUT2D eigenvalue weighted by Crippen LogP contribution is -2.30. The molecule has 6 aromatic carbocycles. The van der Waals surface area contributed by atoms with Crippen LogP contribution in [0.3, 0.4) is 0 Å². The van der Waals surface area contributed by atoms with E-state index in [0.29, 0.717) is 17.8 Å². The number of benzene rings is 6. The molecule has 0 aromatic heterocycles. The van der Waals surface area contributed by atoms with Gasteiger partial charge in [-0.25, -0.2) is 0 Å². The van der Waals surface area contributed by atoms with Crippen molar-refractivity contribution < 1.29 is 0 Å². The van der Waals surface area contributed by atoms with Crippen LogP contribution in [0.4, 0.5) is 34.1 Å². The van der Waals surface area contributed by atoms with Crippen molar-refractivity contribution in [3.8, 4) is 0 Å². The van der Waals surface area contributed by atoms with Crippen molar-refractivity contribution in [1.29, 1.82) is 0 Å². The first kappa shape index (κ1) is 41.0. The molecule has 6 aromatic rings. The summed E-state index contributed by atoms with van der Waals surface area (Å²) in [5.41, 5.74) is 14.8. The van der Waals surface area contributed by atoms with Crippen LogP contribution in [0.15, 0.2) is 152 Å². The van der Waals surface area contributed by atoms with Gasteiger partial charge in [-0.1, -0.05) is 156 Å². The lowest BCUT2D eigenvalue weighted by Gasteiger charge is -2.39. The van der Waals surface area contributed by atoms with Crippen molar-refractivity contribution in [2.45, 2.75) is 152 Å². The zero-order valence-corrected chi connectivity index (χ0v) is 37.2. The lowest BCUT2D eigenvalue weighted by atomic mass is 9.65. The van der Waals surface area contributed by atoms with Crippen LogP contribution in [0.2, 0.25) is 0 Å². The average Bonchev–Trinajstić information content (AvgIpc) is 3.36. The van der Waals surface area contributed by atoms with Crippen LogP contribution in [0, 0.1) is 0 Å². The standard InChI is InChI=1S/C60H68N2/c1-6-16-46(17-7-1)49-24-34-55(35-25-49)61(54-22-12-4-13-23-54)58-40-30-52(31-41-58)60(44-14-5-15-45-60)53-32-42-59(43-33-53)62(56-36-26-50(27-37-56)47-18-8-2-9-19-47)57-38-28-51(29-39-57)48-20-10-3-11-21-48/h4,12-13,22-43,46-48H,1-3,5-11,14-21,44-45H2. The summed E-state index contributed by atoms with van der Waals surface area (Å²) in [5.74, 6) is 2.13. The zero-order valence-electron chi connectivity index (χ0n) is 37.2. The Morgan fingerprint density at radius 3 is 0.871 bits per heavy atom. The minimum absolute atomic E-state index is 0.00263. The van der Waals surface area contributed by atoms with Gasteiger partial charge in [-0.05, 0) is 170 Å². The van der Waals surface area contributed by atoms with E-state index in [0.717, 1.165) is 0 Å². The van der Waals surface area contributed by atoms with Crippen molar-refractivity contribution in [1.82, 2.24) is 0 Å². The van der Waals surface area contributed by atoms with Crippen LogP contribution in [-0.4, -0.2) is 0 Å². The van der Waals surface area contributed by atoms with E-state index < -0.39 is 0 Å². The molecule has 2 nitrogen and oxygen atoms in total. The minimum atomic E-state index is 0.00263. The highest BCUT2D eigenvalue weighted by atomic mass is 15.1. The summed E-state index contributed by atoms with van der Waals surface area (Å²) < 4.78 is 0. The van der Waals surface area contributed by atoms with Crippen LogP contribution in [0.25, 0.3) is 0 Å². The van der Waals surface area contributed by atoms with E-state index in [1.807, 2.05) is 0 Å². The molecule has 0 atom stereocenters. The van der Waals surface area contributed by atoms with Crippen molar-refractivity contribution >= 4 is 34.1 Å². The van der Waals surface area contributed by atoms with Gasteiger partial charge in [-0.15, -0.1) is 0 Å². The van der Waals surface area contributed by atoms with Crippen molar-refractivity contribution in [2.24, 2.45) is 0 Å². The average molecular weight is 817 g/mol. The Morgan fingerprint density at radius 2 is 0.548 bits per heavy atom. The number of anilines is 6. The molecule has 4 saturated carbocycles. The molecule has 4 fully saturated rings. The molecule has 0 saturated heterocycles. The molecule has 0 aliphatic heterocycles. The van der Waals surface area contributed by atoms with Crippen molar-refractivity contribution in [3.63, 3.8) is 0 Å². The fourth-order valence-electron chi connectivity index (χ4n) is 12.2. The van der Waals surface area contributed by atoms with Gasteiger partial charge < -0.3 is 9.80 Å². The third kappa shape index (κ3) is 8.77. The second kappa shape index (κ2) is 19.1. The van der Waals surface area contributed by atoms with Crippen LogP contribution in [0.1, 0.15) is 174 Å². The number of para-hydroxylation sites is 1. The van der Waals surface area contributed by atoms with E-state index in [1.165, 1.54) is 190 Å². The number of nitrogens with zero attached hydrogens (tertiary/aromatic N) is 2. The quantitative estimate of drug-likeness (QED) is 0.129.